The van der Waals surface area contributed by atoms with Gasteiger partial charge in [0.1, 0.15) is 10.6 Å². The van der Waals surface area contributed by atoms with Crippen molar-refractivity contribution in [2.75, 3.05) is 0 Å². The highest BCUT2D eigenvalue weighted by Crippen LogP contribution is 2.24. The van der Waals surface area contributed by atoms with Gasteiger partial charge < -0.3 is 5.11 Å². The molecular formula is C8H13N3O3S. The van der Waals surface area contributed by atoms with Crippen molar-refractivity contribution in [2.24, 2.45) is 0 Å². The van der Waals surface area contributed by atoms with E-state index in [9.17, 15) is 8.42 Å². The number of hydrogen-bond donors (Lipinski definition) is 3. The van der Waals surface area contributed by atoms with Crippen LogP contribution in [-0.4, -0.2) is 29.8 Å². The molecule has 7 heteroatoms. The average molecular weight is 231 g/mol. The molecule has 84 valence electrons. The molecule has 1 heterocycles. The van der Waals surface area contributed by atoms with Gasteiger partial charge in [-0.3, -0.25) is 5.10 Å². The number of hydrogen-bond acceptors (Lipinski definition) is 4. The molecule has 3 N–H and O–H groups in total. The second kappa shape index (κ2) is 3.58. The molecule has 1 saturated carbocycles. The van der Waals surface area contributed by atoms with E-state index in [1.54, 1.807) is 6.92 Å². The van der Waals surface area contributed by atoms with Crippen LogP contribution >= 0.6 is 0 Å². The summed E-state index contributed by atoms with van der Waals surface area (Å²) in [5.41, 5.74) is 0.618. The molecule has 0 aromatic carbocycles. The van der Waals surface area contributed by atoms with Gasteiger partial charge in [0.25, 0.3) is 0 Å². The second-order valence-electron chi connectivity index (χ2n) is 3.68. The summed E-state index contributed by atoms with van der Waals surface area (Å²) in [7, 11) is -3.53. The van der Waals surface area contributed by atoms with E-state index in [1.165, 1.54) is 0 Å². The van der Waals surface area contributed by atoms with Crippen LogP contribution in [0.2, 0.25) is 0 Å². The standard InChI is InChI=1S/C8H13N3O3S/c1-5-8(7(4-12)10-9-5)15(13,14)11-6-2-3-6/h6,11-12H,2-4H2,1H3,(H,9,10). The Bertz CT molecular complexity index is 461. The Morgan fingerprint density at radius 1 is 1.60 bits per heavy atom. The van der Waals surface area contributed by atoms with Crippen molar-refractivity contribution >= 4 is 10.0 Å². The van der Waals surface area contributed by atoms with Crippen molar-refractivity contribution in [1.29, 1.82) is 0 Å². The van der Waals surface area contributed by atoms with E-state index in [-0.39, 0.29) is 23.2 Å². The highest BCUT2D eigenvalue weighted by Gasteiger charge is 2.31. The summed E-state index contributed by atoms with van der Waals surface area (Å²) in [6, 6.07) is 0.0517. The molecule has 0 aliphatic heterocycles. The first-order valence-electron chi connectivity index (χ1n) is 4.71. The Morgan fingerprint density at radius 3 is 2.80 bits per heavy atom. The van der Waals surface area contributed by atoms with Gasteiger partial charge in [0.05, 0.1) is 12.3 Å². The predicted molar refractivity (Wildman–Crippen MR) is 52.6 cm³/mol. The van der Waals surface area contributed by atoms with E-state index < -0.39 is 10.0 Å². The number of aryl methyl sites for hydroxylation is 1. The molecule has 15 heavy (non-hydrogen) atoms. The van der Waals surface area contributed by atoms with Gasteiger partial charge in [0.15, 0.2) is 0 Å². The zero-order valence-electron chi connectivity index (χ0n) is 8.32. The SMILES string of the molecule is Cc1[nH]nc(CO)c1S(=O)(=O)NC1CC1. The van der Waals surface area contributed by atoms with Gasteiger partial charge in [-0.15, -0.1) is 0 Å². The van der Waals surface area contributed by atoms with E-state index in [4.69, 9.17) is 5.11 Å². The summed E-state index contributed by atoms with van der Waals surface area (Å²) < 4.78 is 26.3. The van der Waals surface area contributed by atoms with Gasteiger partial charge in [-0.25, -0.2) is 13.1 Å². The molecule has 2 rings (SSSR count). The molecule has 1 aliphatic carbocycles. The van der Waals surface area contributed by atoms with Gasteiger partial charge >= 0.3 is 0 Å². The quantitative estimate of drug-likeness (QED) is 0.660. The predicted octanol–water partition coefficient (Wildman–Crippen LogP) is -0.349. The monoisotopic (exact) mass is 231 g/mol. The van der Waals surface area contributed by atoms with Gasteiger partial charge in [-0.2, -0.15) is 5.10 Å². The minimum Gasteiger partial charge on any atom is -0.390 e. The van der Waals surface area contributed by atoms with Crippen LogP contribution in [0.4, 0.5) is 0 Å². The number of aromatic nitrogens is 2. The summed E-state index contributed by atoms with van der Waals surface area (Å²) >= 11 is 0. The normalized spacial score (nSPS) is 16.9. The summed E-state index contributed by atoms with van der Waals surface area (Å²) in [6.07, 6.45) is 1.76. The molecule has 0 amide bonds. The Morgan fingerprint density at radius 2 is 2.27 bits per heavy atom. The maximum atomic E-state index is 11.9. The molecule has 1 aromatic heterocycles. The molecule has 0 unspecified atom stereocenters. The molecular weight excluding hydrogens is 218 g/mol. The maximum Gasteiger partial charge on any atom is 0.244 e. The lowest BCUT2D eigenvalue weighted by Crippen LogP contribution is -2.26. The summed E-state index contributed by atoms with van der Waals surface area (Å²) in [4.78, 5) is 0.0805. The first-order valence-corrected chi connectivity index (χ1v) is 6.20. The molecule has 1 fully saturated rings. The lowest BCUT2D eigenvalue weighted by molar-refractivity contribution is 0.273. The molecule has 0 bridgehead atoms. The van der Waals surface area contributed by atoms with Crippen molar-refractivity contribution < 1.29 is 13.5 Å². The van der Waals surface area contributed by atoms with E-state index in [0.29, 0.717) is 5.69 Å². The number of nitrogens with one attached hydrogen (secondary N) is 2. The smallest absolute Gasteiger partial charge is 0.244 e. The number of aliphatic hydroxyl groups is 1. The van der Waals surface area contributed by atoms with Crippen LogP contribution in [0, 0.1) is 6.92 Å². The highest BCUT2D eigenvalue weighted by atomic mass is 32.2. The number of sulfonamides is 1. The number of nitrogens with zero attached hydrogens (tertiary/aromatic N) is 1. The zero-order valence-corrected chi connectivity index (χ0v) is 9.13. The van der Waals surface area contributed by atoms with Crippen molar-refractivity contribution in [3.8, 4) is 0 Å². The number of H-pyrrole nitrogens is 1. The van der Waals surface area contributed by atoms with Crippen molar-refractivity contribution in [3.63, 3.8) is 0 Å². The Balaban J connectivity index is 2.37. The van der Waals surface area contributed by atoms with Crippen LogP contribution in [0.15, 0.2) is 4.90 Å². The summed E-state index contributed by atoms with van der Waals surface area (Å²) in [5.74, 6) is 0. The summed E-state index contributed by atoms with van der Waals surface area (Å²) in [5, 5.41) is 15.3. The number of aromatic amines is 1. The van der Waals surface area contributed by atoms with Crippen LogP contribution in [-0.2, 0) is 16.6 Å². The fourth-order valence-electron chi connectivity index (χ4n) is 1.41. The molecule has 1 aromatic rings. The third kappa shape index (κ3) is 2.04. The van der Waals surface area contributed by atoms with Crippen LogP contribution < -0.4 is 4.72 Å². The van der Waals surface area contributed by atoms with Crippen LogP contribution in [0.1, 0.15) is 24.2 Å². The first-order chi connectivity index (χ1) is 7.04. The van der Waals surface area contributed by atoms with Crippen LogP contribution in [0.5, 0.6) is 0 Å². The molecule has 0 radical (unpaired) electrons. The molecule has 1 aliphatic rings. The second-order valence-corrected chi connectivity index (χ2v) is 5.33. The Labute approximate surface area is 87.8 Å². The van der Waals surface area contributed by atoms with Crippen molar-refractivity contribution in [1.82, 2.24) is 14.9 Å². The number of rotatable bonds is 4. The van der Waals surface area contributed by atoms with Gasteiger partial charge in [-0.1, -0.05) is 0 Å². The lowest BCUT2D eigenvalue weighted by Gasteiger charge is -2.05. The van der Waals surface area contributed by atoms with Crippen LogP contribution in [0.25, 0.3) is 0 Å². The molecule has 0 saturated heterocycles. The third-order valence-corrected chi connectivity index (χ3v) is 4.00. The highest BCUT2D eigenvalue weighted by molar-refractivity contribution is 7.89. The third-order valence-electron chi connectivity index (χ3n) is 2.28. The minimum absolute atomic E-state index is 0.0517. The minimum atomic E-state index is -3.53. The average Bonchev–Trinajstić information content (AvgIpc) is 2.85. The molecule has 0 spiro atoms. The largest absolute Gasteiger partial charge is 0.390 e. The number of aliphatic hydroxyl groups excluding tert-OH is 1. The van der Waals surface area contributed by atoms with Gasteiger partial charge in [0.2, 0.25) is 10.0 Å². The Kier molecular flexibility index (Phi) is 2.53. The summed E-state index contributed by atoms with van der Waals surface area (Å²) in [6.45, 7) is 1.23. The van der Waals surface area contributed by atoms with Crippen molar-refractivity contribution in [3.05, 3.63) is 11.4 Å². The fraction of sp³-hybridized carbons (Fsp3) is 0.625. The maximum absolute atomic E-state index is 11.9. The lowest BCUT2D eigenvalue weighted by atomic mass is 10.4. The zero-order chi connectivity index (χ0) is 11.1. The van der Waals surface area contributed by atoms with Gasteiger partial charge in [-0.05, 0) is 19.8 Å². The Hall–Kier alpha value is -0.920. The first kappa shape index (κ1) is 10.6. The fourth-order valence-corrected chi connectivity index (χ4v) is 3.07. The van der Waals surface area contributed by atoms with E-state index >= 15 is 0 Å². The topological polar surface area (TPSA) is 95.1 Å². The molecule has 0 atom stereocenters. The van der Waals surface area contributed by atoms with E-state index in [1.807, 2.05) is 0 Å². The molecule has 6 nitrogen and oxygen atoms in total. The van der Waals surface area contributed by atoms with E-state index in [0.717, 1.165) is 12.8 Å². The van der Waals surface area contributed by atoms with Crippen LogP contribution in [0.3, 0.4) is 0 Å². The van der Waals surface area contributed by atoms with E-state index in [2.05, 4.69) is 14.9 Å². The van der Waals surface area contributed by atoms with Gasteiger partial charge in [0, 0.05) is 6.04 Å². The van der Waals surface area contributed by atoms with Crippen molar-refractivity contribution in [2.45, 2.75) is 37.3 Å².